The minimum atomic E-state index is 0.723. The normalized spacial score (nSPS) is 10.4. The minimum absolute atomic E-state index is 0.723. The van der Waals surface area contributed by atoms with E-state index in [-0.39, 0.29) is 0 Å². The van der Waals surface area contributed by atoms with Gasteiger partial charge in [0.05, 0.1) is 13.7 Å². The second-order valence-corrected chi connectivity index (χ2v) is 4.40. The highest BCUT2D eigenvalue weighted by molar-refractivity contribution is 5.32. The van der Waals surface area contributed by atoms with E-state index in [0.29, 0.717) is 0 Å². The van der Waals surface area contributed by atoms with Crippen LogP contribution in [-0.4, -0.2) is 23.3 Å². The zero-order chi connectivity index (χ0) is 13.5. The van der Waals surface area contributed by atoms with Crippen molar-refractivity contribution >= 4 is 0 Å². The number of hydrogen-bond acceptors (Lipinski definition) is 3. The van der Waals surface area contributed by atoms with Crippen molar-refractivity contribution in [3.8, 4) is 11.5 Å². The van der Waals surface area contributed by atoms with Gasteiger partial charge in [0.25, 0.3) is 0 Å². The maximum atomic E-state index is 5.69. The molecule has 0 amide bonds. The Morgan fingerprint density at radius 2 is 2.05 bits per heavy atom. The lowest BCUT2D eigenvalue weighted by Gasteiger charge is -2.08. The van der Waals surface area contributed by atoms with Crippen molar-refractivity contribution in [1.82, 2.24) is 9.55 Å². The van der Waals surface area contributed by atoms with Gasteiger partial charge >= 0.3 is 0 Å². The van der Waals surface area contributed by atoms with Gasteiger partial charge in [-0.15, -0.1) is 0 Å². The lowest BCUT2D eigenvalue weighted by Crippen LogP contribution is -2.03. The topological polar surface area (TPSA) is 36.3 Å². The molecule has 0 spiro atoms. The summed E-state index contributed by atoms with van der Waals surface area (Å²) in [7, 11) is 1.66. The standard InChI is InChI=1S/C15H20N2O2/c1-13-16-8-10-17(13)9-3-4-11-19-15-7-5-6-14(12-15)18-2/h5-8,10,12H,3-4,9,11H2,1-2H3. The van der Waals surface area contributed by atoms with Crippen LogP contribution in [0.3, 0.4) is 0 Å². The highest BCUT2D eigenvalue weighted by Gasteiger charge is 1.98. The summed E-state index contributed by atoms with van der Waals surface area (Å²) >= 11 is 0. The molecule has 0 N–H and O–H groups in total. The number of hydrogen-bond donors (Lipinski definition) is 0. The molecule has 0 unspecified atom stereocenters. The minimum Gasteiger partial charge on any atom is -0.497 e. The van der Waals surface area contributed by atoms with Gasteiger partial charge in [-0.3, -0.25) is 0 Å². The Hall–Kier alpha value is -1.97. The molecule has 2 aromatic rings. The van der Waals surface area contributed by atoms with Crippen LogP contribution in [0.1, 0.15) is 18.7 Å². The van der Waals surface area contributed by atoms with E-state index in [9.17, 15) is 0 Å². The molecule has 0 bridgehead atoms. The molecule has 1 aromatic carbocycles. The van der Waals surface area contributed by atoms with Crippen LogP contribution >= 0.6 is 0 Å². The molecule has 2 rings (SSSR count). The molecule has 0 aliphatic heterocycles. The number of imidazole rings is 1. The number of unbranched alkanes of at least 4 members (excludes halogenated alkanes) is 1. The average molecular weight is 260 g/mol. The van der Waals surface area contributed by atoms with Gasteiger partial charge in [-0.25, -0.2) is 4.98 Å². The largest absolute Gasteiger partial charge is 0.497 e. The number of nitrogens with zero attached hydrogens (tertiary/aromatic N) is 2. The number of aromatic nitrogens is 2. The molecule has 0 aliphatic rings. The first-order valence-corrected chi connectivity index (χ1v) is 6.54. The molecule has 0 saturated heterocycles. The maximum absolute atomic E-state index is 5.69. The van der Waals surface area contributed by atoms with Gasteiger partial charge < -0.3 is 14.0 Å². The third-order valence-electron chi connectivity index (χ3n) is 3.03. The molecule has 0 aliphatic carbocycles. The Labute approximate surface area is 114 Å². The molecule has 0 fully saturated rings. The van der Waals surface area contributed by atoms with Crippen LogP contribution in [0.15, 0.2) is 36.7 Å². The number of methoxy groups -OCH3 is 1. The van der Waals surface area contributed by atoms with Crippen LogP contribution in [0.4, 0.5) is 0 Å². The van der Waals surface area contributed by atoms with E-state index < -0.39 is 0 Å². The van der Waals surface area contributed by atoms with Crippen LogP contribution in [0.5, 0.6) is 11.5 Å². The third kappa shape index (κ3) is 4.02. The van der Waals surface area contributed by atoms with Gasteiger partial charge in [0.15, 0.2) is 0 Å². The van der Waals surface area contributed by atoms with E-state index in [4.69, 9.17) is 9.47 Å². The van der Waals surface area contributed by atoms with Gasteiger partial charge in [-0.05, 0) is 31.9 Å². The van der Waals surface area contributed by atoms with Gasteiger partial charge in [0, 0.05) is 25.0 Å². The first-order valence-electron chi connectivity index (χ1n) is 6.54. The van der Waals surface area contributed by atoms with Crippen LogP contribution in [0.2, 0.25) is 0 Å². The first kappa shape index (κ1) is 13.5. The van der Waals surface area contributed by atoms with Crippen LogP contribution < -0.4 is 9.47 Å². The molecule has 1 aromatic heterocycles. The summed E-state index contributed by atoms with van der Waals surface area (Å²) in [5.41, 5.74) is 0. The smallest absolute Gasteiger partial charge is 0.122 e. The van der Waals surface area contributed by atoms with Crippen molar-refractivity contribution in [3.05, 3.63) is 42.5 Å². The molecule has 19 heavy (non-hydrogen) atoms. The number of ether oxygens (including phenoxy) is 2. The summed E-state index contributed by atoms with van der Waals surface area (Å²) in [4.78, 5) is 4.20. The predicted molar refractivity (Wildman–Crippen MR) is 74.7 cm³/mol. The van der Waals surface area contributed by atoms with E-state index in [1.165, 1.54) is 0 Å². The van der Waals surface area contributed by atoms with E-state index >= 15 is 0 Å². The molecule has 0 atom stereocenters. The van der Waals surface area contributed by atoms with Crippen molar-refractivity contribution in [2.75, 3.05) is 13.7 Å². The Bertz CT molecular complexity index is 508. The van der Waals surface area contributed by atoms with Crippen LogP contribution in [0.25, 0.3) is 0 Å². The Kier molecular flexibility index (Phi) is 4.84. The predicted octanol–water partition coefficient (Wildman–Crippen LogP) is 3.06. The van der Waals surface area contributed by atoms with E-state index in [2.05, 4.69) is 9.55 Å². The highest BCUT2D eigenvalue weighted by atomic mass is 16.5. The van der Waals surface area contributed by atoms with E-state index in [1.54, 1.807) is 7.11 Å². The summed E-state index contributed by atoms with van der Waals surface area (Å²) in [6.45, 7) is 3.74. The number of rotatable bonds is 7. The van der Waals surface area contributed by atoms with Gasteiger partial charge in [-0.2, -0.15) is 0 Å². The van der Waals surface area contributed by atoms with Crippen molar-refractivity contribution in [3.63, 3.8) is 0 Å². The lowest BCUT2D eigenvalue weighted by molar-refractivity contribution is 0.301. The molecule has 1 heterocycles. The van der Waals surface area contributed by atoms with E-state index in [0.717, 1.165) is 43.3 Å². The summed E-state index contributed by atoms with van der Waals surface area (Å²) in [5.74, 6) is 2.75. The molecule has 4 heteroatoms. The highest BCUT2D eigenvalue weighted by Crippen LogP contribution is 2.19. The zero-order valence-electron chi connectivity index (χ0n) is 11.5. The zero-order valence-corrected chi connectivity index (χ0v) is 11.5. The van der Waals surface area contributed by atoms with E-state index in [1.807, 2.05) is 43.6 Å². The van der Waals surface area contributed by atoms with Crippen molar-refractivity contribution in [2.24, 2.45) is 0 Å². The summed E-state index contributed by atoms with van der Waals surface area (Å²) in [5, 5.41) is 0. The lowest BCUT2D eigenvalue weighted by atomic mass is 10.3. The fourth-order valence-corrected chi connectivity index (χ4v) is 1.91. The molecule has 0 saturated carbocycles. The Morgan fingerprint density at radius 1 is 1.21 bits per heavy atom. The molecular formula is C15H20N2O2. The SMILES string of the molecule is COc1cccc(OCCCCn2ccnc2C)c1. The van der Waals surface area contributed by atoms with Gasteiger partial charge in [-0.1, -0.05) is 6.07 Å². The second-order valence-electron chi connectivity index (χ2n) is 4.40. The first-order chi connectivity index (χ1) is 9.29. The van der Waals surface area contributed by atoms with Crippen LogP contribution in [-0.2, 0) is 6.54 Å². The van der Waals surface area contributed by atoms with Crippen molar-refractivity contribution in [1.29, 1.82) is 0 Å². The number of benzene rings is 1. The summed E-state index contributed by atoms with van der Waals surface area (Å²) in [6.07, 6.45) is 5.95. The van der Waals surface area contributed by atoms with Gasteiger partial charge in [0.1, 0.15) is 17.3 Å². The summed E-state index contributed by atoms with van der Waals surface area (Å²) < 4.78 is 13.0. The monoisotopic (exact) mass is 260 g/mol. The summed E-state index contributed by atoms with van der Waals surface area (Å²) in [6, 6.07) is 7.69. The Morgan fingerprint density at radius 3 is 2.79 bits per heavy atom. The van der Waals surface area contributed by atoms with Crippen LogP contribution in [0, 0.1) is 6.92 Å². The van der Waals surface area contributed by atoms with Crippen molar-refractivity contribution in [2.45, 2.75) is 26.3 Å². The fourth-order valence-electron chi connectivity index (χ4n) is 1.91. The van der Waals surface area contributed by atoms with Crippen molar-refractivity contribution < 1.29 is 9.47 Å². The molecule has 102 valence electrons. The molecular weight excluding hydrogens is 240 g/mol. The fraction of sp³-hybridized carbons (Fsp3) is 0.400. The number of aryl methyl sites for hydroxylation is 2. The average Bonchev–Trinajstić information content (AvgIpc) is 2.84. The second kappa shape index (κ2) is 6.83. The third-order valence-corrected chi connectivity index (χ3v) is 3.03. The molecule has 4 nitrogen and oxygen atoms in total. The maximum Gasteiger partial charge on any atom is 0.122 e. The molecule has 0 radical (unpaired) electrons. The van der Waals surface area contributed by atoms with Gasteiger partial charge in [0.2, 0.25) is 0 Å². The quantitative estimate of drug-likeness (QED) is 0.718. The Balaban J connectivity index is 1.68.